The van der Waals surface area contributed by atoms with E-state index in [4.69, 9.17) is 4.74 Å². The molecular formula is C14H24N2O3. The SMILES string of the molecule is CCCC(C#N)(CCC)C(=O)NC(C)C(=O)OCC. The van der Waals surface area contributed by atoms with E-state index in [0.717, 1.165) is 12.8 Å². The second-order valence-corrected chi connectivity index (χ2v) is 4.64. The standard InChI is InChI=1S/C14H24N2O3/c1-5-8-14(10-15,9-6-2)13(18)16-11(4)12(17)19-7-3/h11H,5-9H2,1-4H3,(H,16,18). The number of carbonyl (C=O) groups excluding carboxylic acids is 2. The van der Waals surface area contributed by atoms with Gasteiger partial charge in [0.2, 0.25) is 5.91 Å². The zero-order valence-electron chi connectivity index (χ0n) is 12.3. The molecule has 0 aliphatic rings. The Morgan fingerprint density at radius 2 is 1.79 bits per heavy atom. The second-order valence-electron chi connectivity index (χ2n) is 4.64. The maximum absolute atomic E-state index is 12.3. The summed E-state index contributed by atoms with van der Waals surface area (Å²) in [5.74, 6) is -0.852. The number of rotatable bonds is 8. The smallest absolute Gasteiger partial charge is 0.328 e. The minimum absolute atomic E-state index is 0.270. The number of carbonyl (C=O) groups is 2. The average molecular weight is 268 g/mol. The zero-order valence-corrected chi connectivity index (χ0v) is 12.3. The molecule has 1 N–H and O–H groups in total. The van der Waals surface area contributed by atoms with Crippen LogP contribution in [-0.2, 0) is 14.3 Å². The van der Waals surface area contributed by atoms with Crippen molar-refractivity contribution >= 4 is 11.9 Å². The Morgan fingerprint density at radius 3 is 2.16 bits per heavy atom. The van der Waals surface area contributed by atoms with Crippen LogP contribution in [0.4, 0.5) is 0 Å². The van der Waals surface area contributed by atoms with Crippen molar-refractivity contribution in [1.82, 2.24) is 5.32 Å². The first kappa shape index (κ1) is 17.4. The zero-order chi connectivity index (χ0) is 14.9. The van der Waals surface area contributed by atoms with Crippen molar-refractivity contribution in [3.8, 4) is 6.07 Å². The number of esters is 1. The maximum atomic E-state index is 12.3. The van der Waals surface area contributed by atoms with Gasteiger partial charge in [0.1, 0.15) is 11.5 Å². The van der Waals surface area contributed by atoms with E-state index in [9.17, 15) is 14.9 Å². The van der Waals surface area contributed by atoms with Crippen LogP contribution in [0.15, 0.2) is 0 Å². The maximum Gasteiger partial charge on any atom is 0.328 e. The van der Waals surface area contributed by atoms with Gasteiger partial charge in [-0.3, -0.25) is 4.79 Å². The van der Waals surface area contributed by atoms with Gasteiger partial charge in [-0.1, -0.05) is 26.7 Å². The molecule has 0 aliphatic carbocycles. The van der Waals surface area contributed by atoms with E-state index < -0.39 is 17.4 Å². The molecule has 0 aromatic carbocycles. The number of nitriles is 1. The van der Waals surface area contributed by atoms with Gasteiger partial charge < -0.3 is 10.1 Å². The molecule has 1 amide bonds. The van der Waals surface area contributed by atoms with Crippen LogP contribution in [0, 0.1) is 16.7 Å². The summed E-state index contributed by atoms with van der Waals surface area (Å²) in [6, 6.07) is 1.40. The third-order valence-corrected chi connectivity index (χ3v) is 2.99. The van der Waals surface area contributed by atoms with Crippen molar-refractivity contribution in [3.05, 3.63) is 0 Å². The van der Waals surface area contributed by atoms with E-state index in [2.05, 4.69) is 11.4 Å². The Hall–Kier alpha value is -1.57. The first-order valence-electron chi connectivity index (χ1n) is 6.86. The summed E-state index contributed by atoms with van der Waals surface area (Å²) in [5.41, 5.74) is -1.04. The van der Waals surface area contributed by atoms with Crippen LogP contribution in [-0.4, -0.2) is 24.5 Å². The number of hydrogen-bond donors (Lipinski definition) is 1. The monoisotopic (exact) mass is 268 g/mol. The summed E-state index contributed by atoms with van der Waals surface area (Å²) >= 11 is 0. The van der Waals surface area contributed by atoms with E-state index in [-0.39, 0.29) is 12.5 Å². The Balaban J connectivity index is 4.83. The topological polar surface area (TPSA) is 79.2 Å². The highest BCUT2D eigenvalue weighted by molar-refractivity contribution is 5.89. The Kier molecular flexibility index (Phi) is 7.81. The van der Waals surface area contributed by atoms with E-state index in [0.29, 0.717) is 12.8 Å². The normalized spacial score (nSPS) is 12.4. The molecule has 0 aromatic rings. The largest absolute Gasteiger partial charge is 0.464 e. The minimum atomic E-state index is -1.04. The predicted octanol–water partition coefficient (Wildman–Crippen LogP) is 2.16. The molecule has 0 fully saturated rings. The molecule has 0 rings (SSSR count). The van der Waals surface area contributed by atoms with Crippen molar-refractivity contribution in [1.29, 1.82) is 5.26 Å². The fourth-order valence-corrected chi connectivity index (χ4v) is 2.03. The van der Waals surface area contributed by atoms with Crippen molar-refractivity contribution in [3.63, 3.8) is 0 Å². The van der Waals surface area contributed by atoms with Crippen LogP contribution < -0.4 is 5.32 Å². The highest BCUT2D eigenvalue weighted by Gasteiger charge is 2.38. The molecule has 0 radical (unpaired) electrons. The molecule has 0 aliphatic heterocycles. The van der Waals surface area contributed by atoms with Gasteiger partial charge in [-0.15, -0.1) is 0 Å². The number of ether oxygens (including phenoxy) is 1. The lowest BCUT2D eigenvalue weighted by molar-refractivity contribution is -0.147. The van der Waals surface area contributed by atoms with E-state index in [1.54, 1.807) is 13.8 Å². The second kappa shape index (κ2) is 8.52. The van der Waals surface area contributed by atoms with Gasteiger partial charge in [0, 0.05) is 0 Å². The average Bonchev–Trinajstić information content (AvgIpc) is 2.38. The van der Waals surface area contributed by atoms with Gasteiger partial charge in [-0.25, -0.2) is 4.79 Å². The summed E-state index contributed by atoms with van der Waals surface area (Å²) in [5, 5.41) is 11.9. The van der Waals surface area contributed by atoms with Crippen LogP contribution in [0.3, 0.4) is 0 Å². The van der Waals surface area contributed by atoms with E-state index >= 15 is 0 Å². The molecule has 5 nitrogen and oxygen atoms in total. The summed E-state index contributed by atoms with van der Waals surface area (Å²) in [6.07, 6.45) is 2.49. The van der Waals surface area contributed by atoms with Gasteiger partial charge in [-0.2, -0.15) is 5.26 Å². The van der Waals surface area contributed by atoms with Gasteiger partial charge in [0.25, 0.3) is 0 Å². The highest BCUT2D eigenvalue weighted by atomic mass is 16.5. The van der Waals surface area contributed by atoms with Crippen molar-refractivity contribution in [2.75, 3.05) is 6.61 Å². The molecule has 1 unspecified atom stereocenters. The Labute approximate surface area is 115 Å². The first-order chi connectivity index (χ1) is 8.97. The molecular weight excluding hydrogens is 244 g/mol. The summed E-state index contributed by atoms with van der Waals surface area (Å²) in [4.78, 5) is 23.7. The number of hydrogen-bond acceptors (Lipinski definition) is 4. The van der Waals surface area contributed by atoms with Crippen LogP contribution in [0.2, 0.25) is 0 Å². The van der Waals surface area contributed by atoms with Crippen molar-refractivity contribution in [2.45, 2.75) is 59.4 Å². The fourth-order valence-electron chi connectivity index (χ4n) is 2.03. The molecule has 0 heterocycles. The summed E-state index contributed by atoms with van der Waals surface area (Å²) in [7, 11) is 0. The number of amides is 1. The van der Waals surface area contributed by atoms with Crippen molar-refractivity contribution in [2.24, 2.45) is 5.41 Å². The van der Waals surface area contributed by atoms with Crippen LogP contribution in [0.5, 0.6) is 0 Å². The van der Waals surface area contributed by atoms with Crippen LogP contribution in [0.1, 0.15) is 53.4 Å². The highest BCUT2D eigenvalue weighted by Crippen LogP contribution is 2.29. The lowest BCUT2D eigenvalue weighted by Crippen LogP contribution is -2.47. The molecule has 0 spiro atoms. The van der Waals surface area contributed by atoms with Crippen LogP contribution in [0.25, 0.3) is 0 Å². The summed E-state index contributed by atoms with van der Waals surface area (Å²) in [6.45, 7) is 7.41. The predicted molar refractivity (Wildman–Crippen MR) is 72.1 cm³/mol. The summed E-state index contributed by atoms with van der Waals surface area (Å²) < 4.78 is 4.83. The molecule has 5 heteroatoms. The molecule has 0 aromatic heterocycles. The molecule has 19 heavy (non-hydrogen) atoms. The Morgan fingerprint density at radius 1 is 1.26 bits per heavy atom. The van der Waals surface area contributed by atoms with Crippen molar-refractivity contribution < 1.29 is 14.3 Å². The number of nitrogens with zero attached hydrogens (tertiary/aromatic N) is 1. The van der Waals surface area contributed by atoms with Crippen LogP contribution >= 0.6 is 0 Å². The quantitative estimate of drug-likeness (QED) is 0.684. The molecule has 1 atom stereocenters. The van der Waals surface area contributed by atoms with Gasteiger partial charge >= 0.3 is 5.97 Å². The van der Waals surface area contributed by atoms with Gasteiger partial charge in [-0.05, 0) is 26.7 Å². The Bertz CT molecular complexity index is 341. The first-order valence-corrected chi connectivity index (χ1v) is 6.86. The minimum Gasteiger partial charge on any atom is -0.464 e. The lowest BCUT2D eigenvalue weighted by Gasteiger charge is -2.26. The van der Waals surface area contributed by atoms with Gasteiger partial charge in [0.15, 0.2) is 0 Å². The van der Waals surface area contributed by atoms with Gasteiger partial charge in [0.05, 0.1) is 12.7 Å². The molecule has 0 saturated heterocycles. The lowest BCUT2D eigenvalue weighted by atomic mass is 9.79. The third-order valence-electron chi connectivity index (χ3n) is 2.99. The van der Waals surface area contributed by atoms with E-state index in [1.165, 1.54) is 0 Å². The van der Waals surface area contributed by atoms with E-state index in [1.807, 2.05) is 13.8 Å². The number of nitrogens with one attached hydrogen (secondary N) is 1. The molecule has 108 valence electrons. The molecule has 0 bridgehead atoms. The fraction of sp³-hybridized carbons (Fsp3) is 0.786. The molecule has 0 saturated carbocycles. The third kappa shape index (κ3) is 4.90.